The molecule has 1 N–H and O–H groups in total. The number of fused-ring (bicyclic) bond motifs is 1. The molecule has 0 bridgehead atoms. The lowest BCUT2D eigenvalue weighted by Gasteiger charge is -2.13. The number of anilines is 1. The maximum atomic E-state index is 5.97. The highest BCUT2D eigenvalue weighted by Crippen LogP contribution is 2.30. The predicted molar refractivity (Wildman–Crippen MR) is 85.7 cm³/mol. The summed E-state index contributed by atoms with van der Waals surface area (Å²) >= 11 is 9.31. The lowest BCUT2D eigenvalue weighted by atomic mass is 10.2. The Morgan fingerprint density at radius 3 is 2.79 bits per heavy atom. The Morgan fingerprint density at radius 1 is 1.21 bits per heavy atom. The number of aryl methyl sites for hydroxylation is 1. The molecule has 2 heterocycles. The average molecular weight is 309 g/mol. The number of halogens is 1. The van der Waals surface area contributed by atoms with Crippen LogP contribution in [-0.2, 0) is 0 Å². The smallest absolute Gasteiger partial charge is 0.0932 e. The molecule has 2 nitrogen and oxygen atoms in total. The Hall–Kier alpha value is -1.10. The van der Waals surface area contributed by atoms with Gasteiger partial charge in [0.15, 0.2) is 0 Å². The molecule has 3 aromatic rings. The van der Waals surface area contributed by atoms with Crippen LogP contribution in [0.1, 0.15) is 22.9 Å². The quantitative estimate of drug-likeness (QED) is 0.691. The van der Waals surface area contributed by atoms with Gasteiger partial charge in [0.2, 0.25) is 0 Å². The Kier molecular flexibility index (Phi) is 3.48. The van der Waals surface area contributed by atoms with Crippen molar-refractivity contribution >= 4 is 50.2 Å². The summed E-state index contributed by atoms with van der Waals surface area (Å²) in [6, 6.07) is 10.6. The molecular weight excluding hydrogens is 296 g/mol. The van der Waals surface area contributed by atoms with Gasteiger partial charge in [0, 0.05) is 10.6 Å². The van der Waals surface area contributed by atoms with Gasteiger partial charge in [0.05, 0.1) is 25.6 Å². The first kappa shape index (κ1) is 12.9. The van der Waals surface area contributed by atoms with E-state index in [-0.39, 0.29) is 6.04 Å². The molecule has 98 valence electrons. The number of hydrogen-bond acceptors (Lipinski definition) is 4. The summed E-state index contributed by atoms with van der Waals surface area (Å²) in [5, 5.41) is 4.61. The second-order valence-corrected chi connectivity index (χ2v) is 7.40. The molecule has 3 rings (SSSR count). The van der Waals surface area contributed by atoms with Crippen LogP contribution in [0.3, 0.4) is 0 Å². The summed E-state index contributed by atoms with van der Waals surface area (Å²) < 4.78 is 2.05. The van der Waals surface area contributed by atoms with Crippen LogP contribution in [0.25, 0.3) is 10.2 Å². The van der Waals surface area contributed by atoms with E-state index in [0.717, 1.165) is 20.5 Å². The Balaban J connectivity index is 1.84. The normalized spacial score (nSPS) is 12.8. The molecule has 1 aromatic carbocycles. The van der Waals surface area contributed by atoms with Crippen LogP contribution < -0.4 is 5.32 Å². The molecule has 0 amide bonds. The minimum absolute atomic E-state index is 0.254. The van der Waals surface area contributed by atoms with Crippen LogP contribution >= 0.6 is 34.3 Å². The van der Waals surface area contributed by atoms with Crippen molar-refractivity contribution in [2.75, 3.05) is 5.32 Å². The van der Waals surface area contributed by atoms with Gasteiger partial charge in [-0.25, -0.2) is 4.98 Å². The Labute approximate surface area is 125 Å². The highest BCUT2D eigenvalue weighted by Gasteiger charge is 2.09. The second-order valence-electron chi connectivity index (χ2n) is 4.42. The van der Waals surface area contributed by atoms with E-state index in [9.17, 15) is 0 Å². The zero-order valence-corrected chi connectivity index (χ0v) is 13.0. The molecule has 0 aliphatic rings. The number of nitrogens with zero attached hydrogens (tertiary/aromatic N) is 1. The first-order valence-corrected chi connectivity index (χ1v) is 8.02. The van der Waals surface area contributed by atoms with E-state index in [4.69, 9.17) is 11.6 Å². The minimum atomic E-state index is 0.254. The summed E-state index contributed by atoms with van der Waals surface area (Å²) in [5.41, 5.74) is 2.19. The van der Waals surface area contributed by atoms with E-state index < -0.39 is 0 Å². The molecule has 1 atom stereocenters. The van der Waals surface area contributed by atoms with E-state index in [1.165, 1.54) is 9.58 Å². The average Bonchev–Trinajstić information content (AvgIpc) is 2.93. The van der Waals surface area contributed by atoms with Crippen molar-refractivity contribution in [3.05, 3.63) is 44.6 Å². The lowest BCUT2D eigenvalue weighted by Crippen LogP contribution is -2.04. The molecule has 1 unspecified atom stereocenters. The largest absolute Gasteiger partial charge is 0.378 e. The van der Waals surface area contributed by atoms with Gasteiger partial charge in [0.25, 0.3) is 0 Å². The third-order valence-electron chi connectivity index (χ3n) is 2.90. The Bertz CT molecular complexity index is 717. The van der Waals surface area contributed by atoms with E-state index in [1.807, 2.05) is 13.0 Å². The van der Waals surface area contributed by atoms with Crippen LogP contribution in [0.2, 0.25) is 4.34 Å². The van der Waals surface area contributed by atoms with Crippen molar-refractivity contribution in [3.63, 3.8) is 0 Å². The third-order valence-corrected chi connectivity index (χ3v) is 5.25. The van der Waals surface area contributed by atoms with Crippen molar-refractivity contribution in [2.24, 2.45) is 0 Å². The van der Waals surface area contributed by atoms with Crippen molar-refractivity contribution in [2.45, 2.75) is 19.9 Å². The van der Waals surface area contributed by atoms with Gasteiger partial charge in [0.1, 0.15) is 0 Å². The van der Waals surface area contributed by atoms with E-state index in [1.54, 1.807) is 22.7 Å². The first-order chi connectivity index (χ1) is 9.11. The number of thiophene rings is 1. The van der Waals surface area contributed by atoms with Gasteiger partial charge in [-0.1, -0.05) is 11.6 Å². The summed E-state index contributed by atoms with van der Waals surface area (Å²) in [7, 11) is 0. The highest BCUT2D eigenvalue weighted by atomic mass is 35.5. The molecule has 0 aliphatic carbocycles. The van der Waals surface area contributed by atoms with Crippen molar-refractivity contribution in [3.8, 4) is 0 Å². The van der Waals surface area contributed by atoms with E-state index in [0.29, 0.717) is 0 Å². The molecule has 0 spiro atoms. The maximum absolute atomic E-state index is 5.97. The zero-order chi connectivity index (χ0) is 13.4. The molecule has 0 radical (unpaired) electrons. The Morgan fingerprint density at radius 2 is 2.05 bits per heavy atom. The monoisotopic (exact) mass is 308 g/mol. The second kappa shape index (κ2) is 5.12. The number of nitrogens with one attached hydrogen (secondary N) is 1. The maximum Gasteiger partial charge on any atom is 0.0932 e. The fourth-order valence-electron chi connectivity index (χ4n) is 2.01. The van der Waals surface area contributed by atoms with E-state index >= 15 is 0 Å². The van der Waals surface area contributed by atoms with Gasteiger partial charge in [-0.3, -0.25) is 0 Å². The predicted octanol–water partition coefficient (Wildman–Crippen LogP) is 5.49. The van der Waals surface area contributed by atoms with Crippen molar-refractivity contribution in [1.29, 1.82) is 0 Å². The number of hydrogen-bond donors (Lipinski definition) is 1. The number of thiazole rings is 1. The first-order valence-electron chi connectivity index (χ1n) is 6.01. The number of benzene rings is 1. The molecule has 0 saturated carbocycles. The third kappa shape index (κ3) is 2.76. The number of aromatic nitrogens is 1. The number of rotatable bonds is 3. The van der Waals surface area contributed by atoms with Gasteiger partial charge in [-0.2, -0.15) is 0 Å². The van der Waals surface area contributed by atoms with Crippen LogP contribution in [0, 0.1) is 6.92 Å². The fraction of sp³-hybridized carbons (Fsp3) is 0.214. The minimum Gasteiger partial charge on any atom is -0.378 e. The molecule has 5 heteroatoms. The van der Waals surface area contributed by atoms with Gasteiger partial charge < -0.3 is 5.32 Å². The van der Waals surface area contributed by atoms with Gasteiger partial charge >= 0.3 is 0 Å². The van der Waals surface area contributed by atoms with Crippen LogP contribution in [0.15, 0.2) is 30.3 Å². The molecular formula is C14H13ClN2S2. The van der Waals surface area contributed by atoms with E-state index in [2.05, 4.69) is 41.5 Å². The summed E-state index contributed by atoms with van der Waals surface area (Å²) in [6.45, 7) is 4.18. The molecule has 0 aliphatic heterocycles. The molecule has 0 saturated heterocycles. The summed E-state index contributed by atoms with van der Waals surface area (Å²) in [5.74, 6) is 0. The van der Waals surface area contributed by atoms with Gasteiger partial charge in [-0.15, -0.1) is 22.7 Å². The molecule has 19 heavy (non-hydrogen) atoms. The molecule has 2 aromatic heterocycles. The lowest BCUT2D eigenvalue weighted by molar-refractivity contribution is 0.909. The zero-order valence-electron chi connectivity index (χ0n) is 10.6. The van der Waals surface area contributed by atoms with Crippen LogP contribution in [0.5, 0.6) is 0 Å². The fourth-order valence-corrected chi connectivity index (χ4v) is 3.94. The summed E-state index contributed by atoms with van der Waals surface area (Å²) in [6.07, 6.45) is 0. The SMILES string of the molecule is Cc1nc2ccc(NC(C)c3ccc(Cl)s3)cc2s1. The standard InChI is InChI=1S/C14H13ClN2S2/c1-8(12-5-6-14(15)19-12)16-10-3-4-11-13(7-10)18-9(2)17-11/h3-8,16H,1-2H3. The van der Waals surface area contributed by atoms with Crippen molar-refractivity contribution < 1.29 is 0 Å². The topological polar surface area (TPSA) is 24.9 Å². The van der Waals surface area contributed by atoms with Crippen LogP contribution in [-0.4, -0.2) is 4.98 Å². The highest BCUT2D eigenvalue weighted by molar-refractivity contribution is 7.18. The summed E-state index contributed by atoms with van der Waals surface area (Å²) in [4.78, 5) is 5.71. The molecule has 0 fully saturated rings. The van der Waals surface area contributed by atoms with Crippen LogP contribution in [0.4, 0.5) is 5.69 Å². The van der Waals surface area contributed by atoms with Gasteiger partial charge in [-0.05, 0) is 44.2 Å². The van der Waals surface area contributed by atoms with Crippen molar-refractivity contribution in [1.82, 2.24) is 4.98 Å².